The second-order valence-corrected chi connectivity index (χ2v) is 4.87. The Morgan fingerprint density at radius 3 is 2.87 bits per heavy atom. The van der Waals surface area contributed by atoms with Gasteiger partial charge in [0.05, 0.1) is 5.69 Å². The third-order valence-corrected chi connectivity index (χ3v) is 3.72. The predicted octanol–water partition coefficient (Wildman–Crippen LogP) is 2.18. The number of aromatic nitrogens is 1. The summed E-state index contributed by atoms with van der Waals surface area (Å²) in [6, 6.07) is 0. The van der Waals surface area contributed by atoms with Gasteiger partial charge in [0.1, 0.15) is 11.1 Å². The number of unbranched alkanes of at least 4 members (excludes halogenated alkanes) is 1. The highest BCUT2D eigenvalue weighted by Gasteiger charge is 2.14. The zero-order valence-corrected chi connectivity index (χ0v) is 10.3. The van der Waals surface area contributed by atoms with E-state index in [2.05, 4.69) is 11.9 Å². The molecule has 0 saturated carbocycles. The smallest absolute Gasteiger partial charge is 0.122 e. The first-order valence-electron chi connectivity index (χ1n) is 5.53. The summed E-state index contributed by atoms with van der Waals surface area (Å²) in [6.07, 6.45) is 3.44. The van der Waals surface area contributed by atoms with Gasteiger partial charge in [0.15, 0.2) is 0 Å². The van der Waals surface area contributed by atoms with Crippen molar-refractivity contribution >= 4 is 11.3 Å². The summed E-state index contributed by atoms with van der Waals surface area (Å²) < 4.78 is 0. The highest BCUT2D eigenvalue weighted by atomic mass is 32.1. The average Bonchev–Trinajstić information content (AvgIpc) is 2.58. The molecule has 3 nitrogen and oxygen atoms in total. The Bertz CT molecular complexity index is 299. The Morgan fingerprint density at radius 1 is 1.53 bits per heavy atom. The molecule has 1 atom stereocenters. The highest BCUT2D eigenvalue weighted by Crippen LogP contribution is 2.26. The molecule has 4 heteroatoms. The molecule has 0 aliphatic carbocycles. The summed E-state index contributed by atoms with van der Waals surface area (Å²) in [5.74, 6) is 0. The van der Waals surface area contributed by atoms with Crippen molar-refractivity contribution in [3.8, 4) is 0 Å². The van der Waals surface area contributed by atoms with Crippen molar-refractivity contribution in [1.82, 2.24) is 4.98 Å². The van der Waals surface area contributed by atoms with Gasteiger partial charge < -0.3 is 10.8 Å². The fourth-order valence-corrected chi connectivity index (χ4v) is 2.58. The van der Waals surface area contributed by atoms with Crippen LogP contribution in [0.1, 0.15) is 47.9 Å². The Hall–Kier alpha value is -0.450. The Kier molecular flexibility index (Phi) is 5.22. The molecule has 1 unspecified atom stereocenters. The standard InChI is InChI=1S/C11H20N2OS/c1-3-4-5-9(14)11-13-8(2)10(15-11)6-7-12/h9,14H,3-7,12H2,1-2H3. The van der Waals surface area contributed by atoms with E-state index in [1.165, 1.54) is 4.88 Å². The number of thiazole rings is 1. The molecular weight excluding hydrogens is 208 g/mol. The van der Waals surface area contributed by atoms with Gasteiger partial charge in [0.25, 0.3) is 0 Å². The van der Waals surface area contributed by atoms with E-state index in [1.54, 1.807) is 11.3 Å². The first-order chi connectivity index (χ1) is 7.19. The fraction of sp³-hybridized carbons (Fsp3) is 0.727. The quantitative estimate of drug-likeness (QED) is 0.784. The van der Waals surface area contributed by atoms with E-state index in [-0.39, 0.29) is 6.10 Å². The maximum Gasteiger partial charge on any atom is 0.122 e. The van der Waals surface area contributed by atoms with Gasteiger partial charge in [-0.25, -0.2) is 4.98 Å². The molecule has 86 valence electrons. The van der Waals surface area contributed by atoms with Crippen LogP contribution in [0.2, 0.25) is 0 Å². The maximum absolute atomic E-state index is 9.87. The molecule has 0 aliphatic heterocycles. The van der Waals surface area contributed by atoms with Gasteiger partial charge >= 0.3 is 0 Å². The SMILES string of the molecule is CCCCC(O)c1nc(C)c(CCN)s1. The van der Waals surface area contributed by atoms with Crippen LogP contribution in [0.15, 0.2) is 0 Å². The minimum atomic E-state index is -0.389. The molecule has 0 aromatic carbocycles. The monoisotopic (exact) mass is 228 g/mol. The van der Waals surface area contributed by atoms with Crippen LogP contribution in [0.3, 0.4) is 0 Å². The topological polar surface area (TPSA) is 59.1 Å². The molecule has 0 amide bonds. The number of hydrogen-bond donors (Lipinski definition) is 2. The molecule has 1 aromatic heterocycles. The second kappa shape index (κ2) is 6.20. The van der Waals surface area contributed by atoms with Crippen molar-refractivity contribution < 1.29 is 5.11 Å². The van der Waals surface area contributed by atoms with Gasteiger partial charge in [-0.1, -0.05) is 19.8 Å². The molecular formula is C11H20N2OS. The van der Waals surface area contributed by atoms with E-state index in [0.717, 1.165) is 36.4 Å². The van der Waals surface area contributed by atoms with Gasteiger partial charge in [0, 0.05) is 4.88 Å². The van der Waals surface area contributed by atoms with E-state index in [1.807, 2.05) is 6.92 Å². The van der Waals surface area contributed by atoms with E-state index in [0.29, 0.717) is 6.54 Å². The van der Waals surface area contributed by atoms with Crippen LogP contribution in [0.5, 0.6) is 0 Å². The summed E-state index contributed by atoms with van der Waals surface area (Å²) in [7, 11) is 0. The third kappa shape index (κ3) is 3.55. The number of nitrogens with two attached hydrogens (primary N) is 1. The van der Waals surface area contributed by atoms with E-state index >= 15 is 0 Å². The fourth-order valence-electron chi connectivity index (χ4n) is 1.48. The van der Waals surface area contributed by atoms with Crippen molar-refractivity contribution in [1.29, 1.82) is 0 Å². The minimum Gasteiger partial charge on any atom is -0.386 e. The lowest BCUT2D eigenvalue weighted by atomic mass is 10.2. The molecule has 3 N–H and O–H groups in total. The van der Waals surface area contributed by atoms with Gasteiger partial charge in [0.2, 0.25) is 0 Å². The van der Waals surface area contributed by atoms with E-state index in [4.69, 9.17) is 5.73 Å². The average molecular weight is 228 g/mol. The molecule has 0 bridgehead atoms. The lowest BCUT2D eigenvalue weighted by Gasteiger charge is -2.04. The van der Waals surface area contributed by atoms with Crippen LogP contribution in [0, 0.1) is 6.92 Å². The van der Waals surface area contributed by atoms with E-state index in [9.17, 15) is 5.11 Å². The summed E-state index contributed by atoms with van der Waals surface area (Å²) in [5, 5.41) is 10.7. The predicted molar refractivity (Wildman–Crippen MR) is 64.1 cm³/mol. The third-order valence-electron chi connectivity index (χ3n) is 2.40. The van der Waals surface area contributed by atoms with Crippen LogP contribution in [0.4, 0.5) is 0 Å². The Balaban J connectivity index is 2.64. The van der Waals surface area contributed by atoms with Crippen molar-refractivity contribution in [3.05, 3.63) is 15.6 Å². The van der Waals surface area contributed by atoms with Crippen LogP contribution < -0.4 is 5.73 Å². The number of aliphatic hydroxyl groups excluding tert-OH is 1. The zero-order chi connectivity index (χ0) is 11.3. The van der Waals surface area contributed by atoms with E-state index < -0.39 is 0 Å². The summed E-state index contributed by atoms with van der Waals surface area (Å²) in [5.41, 5.74) is 6.54. The Morgan fingerprint density at radius 2 is 2.27 bits per heavy atom. The maximum atomic E-state index is 9.87. The van der Waals surface area contributed by atoms with Crippen molar-refractivity contribution in [2.75, 3.05) is 6.54 Å². The van der Waals surface area contributed by atoms with Gasteiger partial charge in [-0.3, -0.25) is 0 Å². The molecule has 0 fully saturated rings. The summed E-state index contributed by atoms with van der Waals surface area (Å²) in [6.45, 7) is 4.75. The van der Waals surface area contributed by atoms with Crippen molar-refractivity contribution in [2.24, 2.45) is 5.73 Å². The number of aliphatic hydroxyl groups is 1. The van der Waals surface area contributed by atoms with Gasteiger partial charge in [-0.2, -0.15) is 0 Å². The lowest BCUT2D eigenvalue weighted by Crippen LogP contribution is -2.01. The molecule has 1 aromatic rings. The summed E-state index contributed by atoms with van der Waals surface area (Å²) in [4.78, 5) is 5.61. The van der Waals surface area contributed by atoms with Crippen LogP contribution in [0.25, 0.3) is 0 Å². The second-order valence-electron chi connectivity index (χ2n) is 3.76. The van der Waals surface area contributed by atoms with Crippen LogP contribution >= 0.6 is 11.3 Å². The molecule has 15 heavy (non-hydrogen) atoms. The normalized spacial score (nSPS) is 13.1. The number of rotatable bonds is 6. The van der Waals surface area contributed by atoms with Crippen molar-refractivity contribution in [2.45, 2.75) is 45.6 Å². The van der Waals surface area contributed by atoms with Gasteiger partial charge in [-0.05, 0) is 26.3 Å². The van der Waals surface area contributed by atoms with Crippen LogP contribution in [-0.4, -0.2) is 16.6 Å². The molecule has 0 radical (unpaired) electrons. The molecule has 0 aliphatic rings. The highest BCUT2D eigenvalue weighted by molar-refractivity contribution is 7.11. The molecule has 1 heterocycles. The number of aryl methyl sites for hydroxylation is 1. The molecule has 1 rings (SSSR count). The number of hydrogen-bond acceptors (Lipinski definition) is 4. The lowest BCUT2D eigenvalue weighted by molar-refractivity contribution is 0.163. The molecule has 0 saturated heterocycles. The molecule has 0 spiro atoms. The van der Waals surface area contributed by atoms with Crippen LogP contribution in [-0.2, 0) is 6.42 Å². The minimum absolute atomic E-state index is 0.389. The summed E-state index contributed by atoms with van der Waals surface area (Å²) >= 11 is 1.60. The first-order valence-corrected chi connectivity index (χ1v) is 6.35. The largest absolute Gasteiger partial charge is 0.386 e. The van der Waals surface area contributed by atoms with Gasteiger partial charge in [-0.15, -0.1) is 11.3 Å². The first kappa shape index (κ1) is 12.6. The Labute approximate surface area is 95.3 Å². The zero-order valence-electron chi connectivity index (χ0n) is 9.49. The number of nitrogens with zero attached hydrogens (tertiary/aromatic N) is 1. The van der Waals surface area contributed by atoms with Crippen molar-refractivity contribution in [3.63, 3.8) is 0 Å².